The molecule has 0 aromatic heterocycles. The summed E-state index contributed by atoms with van der Waals surface area (Å²) in [5, 5.41) is 0. The molecule has 0 amide bonds. The summed E-state index contributed by atoms with van der Waals surface area (Å²) >= 11 is 0. The van der Waals surface area contributed by atoms with Crippen LogP contribution in [0.15, 0.2) is 121 Å². The van der Waals surface area contributed by atoms with E-state index in [9.17, 15) is 0 Å². The molecule has 4 heteroatoms. The van der Waals surface area contributed by atoms with Gasteiger partial charge < -0.3 is 14.0 Å². The van der Waals surface area contributed by atoms with Crippen LogP contribution >= 0.6 is 0 Å². The molecule has 0 saturated heterocycles. The predicted octanol–water partition coefficient (Wildman–Crippen LogP) is 6.84. The van der Waals surface area contributed by atoms with Crippen LogP contribution in [0.3, 0.4) is 0 Å². The van der Waals surface area contributed by atoms with Crippen LogP contribution in [0, 0.1) is 0 Å². The monoisotopic (exact) mass is 450 g/mol. The number of hydrogen-bond acceptors (Lipinski definition) is 3. The maximum atomic E-state index is 7.02. The van der Waals surface area contributed by atoms with Gasteiger partial charge in [-0.2, -0.15) is 0 Å². The van der Waals surface area contributed by atoms with E-state index in [1.165, 1.54) is 0 Å². The van der Waals surface area contributed by atoms with Crippen molar-refractivity contribution in [1.29, 1.82) is 0 Å². The summed E-state index contributed by atoms with van der Waals surface area (Å²) in [5.41, 5.74) is 3.44. The van der Waals surface area contributed by atoms with Crippen molar-refractivity contribution in [1.82, 2.24) is 0 Å². The Hall–Kier alpha value is -3.18. The zero-order valence-corrected chi connectivity index (χ0v) is 19.8. The summed E-state index contributed by atoms with van der Waals surface area (Å²) in [4.78, 5) is 0. The molecular weight excluding hydrogens is 419 g/mol. The van der Waals surface area contributed by atoms with Gasteiger partial charge in [-0.3, -0.25) is 0 Å². The smallest absolute Gasteiger partial charge is 0.386 e. The van der Waals surface area contributed by atoms with Gasteiger partial charge in [-0.05, 0) is 36.1 Å². The van der Waals surface area contributed by atoms with Crippen molar-refractivity contribution in [3.63, 3.8) is 0 Å². The molecule has 34 heavy (non-hydrogen) atoms. The first-order chi connectivity index (χ1) is 16.8. The fourth-order valence-corrected chi connectivity index (χ4v) is 4.57. The van der Waals surface area contributed by atoms with E-state index in [1.807, 2.05) is 38.1 Å². The molecule has 0 unspecified atom stereocenters. The minimum absolute atomic E-state index is 0.164. The van der Waals surface area contributed by atoms with Gasteiger partial charge in [0.15, 0.2) is 0 Å². The Bertz CT molecular complexity index is 1020. The van der Waals surface area contributed by atoms with Crippen molar-refractivity contribution >= 4 is 7.32 Å². The molecule has 0 spiro atoms. The fraction of sp³-hybridized carbons (Fsp3) is 0.200. The van der Waals surface area contributed by atoms with Crippen molar-refractivity contribution in [2.75, 3.05) is 13.2 Å². The zero-order chi connectivity index (χ0) is 23.6. The van der Waals surface area contributed by atoms with Crippen LogP contribution in [-0.4, -0.2) is 20.5 Å². The number of hydrogen-bond donors (Lipinski definition) is 0. The van der Waals surface area contributed by atoms with Gasteiger partial charge in [0.05, 0.1) is 0 Å². The second-order valence-electron chi connectivity index (χ2n) is 8.04. The molecule has 4 rings (SSSR count). The zero-order valence-electron chi connectivity index (χ0n) is 19.8. The van der Waals surface area contributed by atoms with Crippen LogP contribution in [0.2, 0.25) is 0 Å². The number of rotatable bonds is 11. The first kappa shape index (κ1) is 24.0. The minimum Gasteiger partial charge on any atom is -0.386 e. The molecule has 4 aromatic carbocycles. The second-order valence-corrected chi connectivity index (χ2v) is 8.04. The Kier molecular flexibility index (Phi) is 8.32. The molecule has 3 nitrogen and oxygen atoms in total. The van der Waals surface area contributed by atoms with Crippen molar-refractivity contribution in [2.45, 2.75) is 25.4 Å². The molecule has 0 aliphatic carbocycles. The number of benzene rings is 4. The van der Waals surface area contributed by atoms with Gasteiger partial charge in [-0.15, -0.1) is 0 Å². The average Bonchev–Trinajstić information content (AvgIpc) is 2.91. The van der Waals surface area contributed by atoms with Gasteiger partial charge in [0.2, 0.25) is 0 Å². The van der Waals surface area contributed by atoms with E-state index in [0.29, 0.717) is 13.2 Å². The highest BCUT2D eigenvalue weighted by molar-refractivity contribution is 6.36. The third kappa shape index (κ3) is 5.15. The molecule has 0 heterocycles. The van der Waals surface area contributed by atoms with Gasteiger partial charge in [0.1, 0.15) is 5.60 Å². The normalized spacial score (nSPS) is 11.5. The maximum absolute atomic E-state index is 7.02. The van der Waals surface area contributed by atoms with E-state index in [-0.39, 0.29) is 5.92 Å². The Morgan fingerprint density at radius 3 is 1.26 bits per heavy atom. The molecule has 0 aliphatic heterocycles. The molecule has 0 aliphatic rings. The molecule has 4 aromatic rings. The van der Waals surface area contributed by atoms with Crippen LogP contribution < -0.4 is 0 Å². The van der Waals surface area contributed by atoms with Gasteiger partial charge in [0.25, 0.3) is 0 Å². The Balaban J connectivity index is 2.05. The molecule has 0 atom stereocenters. The lowest BCUT2D eigenvalue weighted by atomic mass is 9.69. The van der Waals surface area contributed by atoms with Crippen LogP contribution in [0.4, 0.5) is 0 Å². The van der Waals surface area contributed by atoms with E-state index in [4.69, 9.17) is 14.0 Å². The average molecular weight is 450 g/mol. The Morgan fingerprint density at radius 2 is 0.912 bits per heavy atom. The molecule has 0 radical (unpaired) electrons. The highest BCUT2D eigenvalue weighted by Crippen LogP contribution is 2.49. The lowest BCUT2D eigenvalue weighted by molar-refractivity contribution is 0.00468. The first-order valence-corrected chi connectivity index (χ1v) is 11.9. The second kappa shape index (κ2) is 11.8. The predicted molar refractivity (Wildman–Crippen MR) is 138 cm³/mol. The van der Waals surface area contributed by atoms with Crippen LogP contribution in [0.1, 0.15) is 42.0 Å². The SMILES string of the molecule is CCOB(OCC)OC(c1ccccc1)(c1ccccc1)C(c1ccccc1)c1ccccc1. The molecule has 0 N–H and O–H groups in total. The summed E-state index contributed by atoms with van der Waals surface area (Å²) in [6, 6.07) is 41.8. The van der Waals surface area contributed by atoms with Crippen LogP contribution in [0.25, 0.3) is 0 Å². The van der Waals surface area contributed by atoms with Gasteiger partial charge in [0, 0.05) is 19.1 Å². The third-order valence-corrected chi connectivity index (χ3v) is 5.97. The van der Waals surface area contributed by atoms with E-state index in [0.717, 1.165) is 22.3 Å². The lowest BCUT2D eigenvalue weighted by Crippen LogP contribution is -2.45. The minimum atomic E-state index is -0.916. The Morgan fingerprint density at radius 1 is 0.559 bits per heavy atom. The summed E-state index contributed by atoms with van der Waals surface area (Å²) in [6.45, 7) is 4.86. The fourth-order valence-electron chi connectivity index (χ4n) is 4.57. The van der Waals surface area contributed by atoms with Crippen molar-refractivity contribution in [3.8, 4) is 0 Å². The molecule has 0 fully saturated rings. The van der Waals surface area contributed by atoms with E-state index >= 15 is 0 Å². The standard InChI is InChI=1S/C30H31BO3/c1-3-32-31(33-4-2)34-30(27-21-13-7-14-22-27,28-23-15-8-16-24-28)29(25-17-9-5-10-18-25)26-19-11-6-12-20-26/h5-24,29H,3-4H2,1-2H3. The quantitative estimate of drug-likeness (QED) is 0.234. The van der Waals surface area contributed by atoms with Crippen molar-refractivity contribution in [3.05, 3.63) is 144 Å². The summed E-state index contributed by atoms with van der Waals surface area (Å²) < 4.78 is 18.9. The summed E-state index contributed by atoms with van der Waals surface area (Å²) in [5.74, 6) is -0.164. The van der Waals surface area contributed by atoms with Crippen molar-refractivity contribution in [2.24, 2.45) is 0 Å². The van der Waals surface area contributed by atoms with Gasteiger partial charge in [-0.1, -0.05) is 121 Å². The van der Waals surface area contributed by atoms with E-state index in [2.05, 4.69) is 97.1 Å². The topological polar surface area (TPSA) is 27.7 Å². The highest BCUT2D eigenvalue weighted by Gasteiger charge is 2.48. The Labute approximate surface area is 203 Å². The first-order valence-electron chi connectivity index (χ1n) is 11.9. The third-order valence-electron chi connectivity index (χ3n) is 5.97. The molecule has 0 bridgehead atoms. The highest BCUT2D eigenvalue weighted by atomic mass is 16.7. The molecule has 172 valence electrons. The molecule has 0 saturated carbocycles. The largest absolute Gasteiger partial charge is 0.640 e. The maximum Gasteiger partial charge on any atom is 0.640 e. The van der Waals surface area contributed by atoms with Gasteiger partial charge in [-0.25, -0.2) is 0 Å². The van der Waals surface area contributed by atoms with Crippen LogP contribution in [0.5, 0.6) is 0 Å². The molecular formula is C30H31BO3. The summed E-state index contributed by atoms with van der Waals surface area (Å²) in [6.07, 6.45) is 0. The lowest BCUT2D eigenvalue weighted by Gasteiger charge is -2.43. The summed E-state index contributed by atoms with van der Waals surface area (Å²) in [7, 11) is -0.828. The van der Waals surface area contributed by atoms with Crippen molar-refractivity contribution < 1.29 is 14.0 Å². The van der Waals surface area contributed by atoms with Crippen LogP contribution in [-0.2, 0) is 19.6 Å². The van der Waals surface area contributed by atoms with E-state index in [1.54, 1.807) is 0 Å². The van der Waals surface area contributed by atoms with E-state index < -0.39 is 12.9 Å². The van der Waals surface area contributed by atoms with Gasteiger partial charge >= 0.3 is 7.32 Å².